The summed E-state index contributed by atoms with van der Waals surface area (Å²) in [5, 5.41) is 8.65. The summed E-state index contributed by atoms with van der Waals surface area (Å²) in [5.74, 6) is 0.498. The molecule has 1 aliphatic rings. The highest BCUT2D eigenvalue weighted by Crippen LogP contribution is 2.30. The van der Waals surface area contributed by atoms with E-state index >= 15 is 0 Å². The van der Waals surface area contributed by atoms with Crippen molar-refractivity contribution in [2.45, 2.75) is 12.8 Å². The number of rotatable bonds is 2. The lowest BCUT2D eigenvalue weighted by Gasteiger charge is -2.07. The summed E-state index contributed by atoms with van der Waals surface area (Å²) in [6.45, 7) is 1.26. The molecule has 1 aromatic carbocycles. The quantitative estimate of drug-likeness (QED) is 0.799. The van der Waals surface area contributed by atoms with Crippen molar-refractivity contribution in [1.82, 2.24) is 0 Å². The third-order valence-corrected chi connectivity index (χ3v) is 2.17. The number of ether oxygens (including phenoxy) is 2. The lowest BCUT2D eigenvalue weighted by atomic mass is 10.1. The van der Waals surface area contributed by atoms with E-state index in [-0.39, 0.29) is 6.42 Å². The van der Waals surface area contributed by atoms with Gasteiger partial charge in [-0.15, -0.1) is 0 Å². The van der Waals surface area contributed by atoms with Crippen molar-refractivity contribution in [2.24, 2.45) is 0 Å². The second kappa shape index (κ2) is 4.21. The molecule has 0 fully saturated rings. The maximum absolute atomic E-state index is 10.5. The number of carboxylic acid groups (broad SMARTS) is 1. The van der Waals surface area contributed by atoms with Gasteiger partial charge in [-0.1, -0.05) is 6.07 Å². The predicted octanol–water partition coefficient (Wildman–Crippen LogP) is 1.48. The maximum Gasteiger partial charge on any atom is 0.307 e. The average molecular weight is 208 g/mol. The van der Waals surface area contributed by atoms with Gasteiger partial charge >= 0.3 is 5.97 Å². The van der Waals surface area contributed by atoms with Crippen LogP contribution in [0.3, 0.4) is 0 Å². The summed E-state index contributed by atoms with van der Waals surface area (Å²) < 4.78 is 10.9. The number of carboxylic acids is 1. The Morgan fingerprint density at radius 3 is 2.73 bits per heavy atom. The smallest absolute Gasteiger partial charge is 0.307 e. The Balaban J connectivity index is 2.23. The highest BCUT2D eigenvalue weighted by molar-refractivity contribution is 5.70. The number of carbonyl (C=O) groups is 1. The van der Waals surface area contributed by atoms with Gasteiger partial charge in [0.15, 0.2) is 11.5 Å². The zero-order valence-electron chi connectivity index (χ0n) is 8.23. The molecule has 4 nitrogen and oxygen atoms in total. The second-order valence-electron chi connectivity index (χ2n) is 3.40. The van der Waals surface area contributed by atoms with Crippen molar-refractivity contribution in [1.29, 1.82) is 0 Å². The zero-order chi connectivity index (χ0) is 10.7. The van der Waals surface area contributed by atoms with Crippen LogP contribution in [-0.2, 0) is 11.2 Å². The van der Waals surface area contributed by atoms with Crippen molar-refractivity contribution >= 4 is 5.97 Å². The standard InChI is InChI=1S/C11H12O4/c12-11(13)7-8-2-3-9-10(6-8)15-5-1-4-14-9/h2-3,6H,1,4-5,7H2,(H,12,13). The molecule has 1 aliphatic heterocycles. The van der Waals surface area contributed by atoms with E-state index in [1.807, 2.05) is 0 Å². The minimum absolute atomic E-state index is 0.0106. The topological polar surface area (TPSA) is 55.8 Å². The van der Waals surface area contributed by atoms with Crippen LogP contribution in [0, 0.1) is 0 Å². The van der Waals surface area contributed by atoms with E-state index in [9.17, 15) is 4.79 Å². The largest absolute Gasteiger partial charge is 0.490 e. The first-order valence-electron chi connectivity index (χ1n) is 4.86. The van der Waals surface area contributed by atoms with Crippen molar-refractivity contribution in [3.8, 4) is 11.5 Å². The molecule has 0 amide bonds. The number of fused-ring (bicyclic) bond motifs is 1. The van der Waals surface area contributed by atoms with E-state index in [4.69, 9.17) is 14.6 Å². The number of hydrogen-bond donors (Lipinski definition) is 1. The van der Waals surface area contributed by atoms with Crippen molar-refractivity contribution in [3.05, 3.63) is 23.8 Å². The van der Waals surface area contributed by atoms with Gasteiger partial charge in [0.25, 0.3) is 0 Å². The van der Waals surface area contributed by atoms with Crippen LogP contribution < -0.4 is 9.47 Å². The Labute approximate surface area is 87.4 Å². The first-order valence-corrected chi connectivity index (χ1v) is 4.86. The zero-order valence-corrected chi connectivity index (χ0v) is 8.23. The number of benzene rings is 1. The molecule has 1 aromatic rings. The lowest BCUT2D eigenvalue weighted by molar-refractivity contribution is -0.136. The van der Waals surface area contributed by atoms with Gasteiger partial charge in [-0.05, 0) is 17.7 Å². The fourth-order valence-electron chi connectivity index (χ4n) is 1.49. The summed E-state index contributed by atoms with van der Waals surface area (Å²) in [6, 6.07) is 5.25. The van der Waals surface area contributed by atoms with Crippen LogP contribution in [0.4, 0.5) is 0 Å². The van der Waals surface area contributed by atoms with Crippen LogP contribution in [-0.4, -0.2) is 24.3 Å². The lowest BCUT2D eigenvalue weighted by Crippen LogP contribution is -2.00. The second-order valence-corrected chi connectivity index (χ2v) is 3.40. The van der Waals surface area contributed by atoms with E-state index < -0.39 is 5.97 Å². The molecule has 2 rings (SSSR count). The molecule has 4 heteroatoms. The molecule has 0 bridgehead atoms. The minimum atomic E-state index is -0.843. The Bertz CT molecular complexity index is 373. The Morgan fingerprint density at radius 1 is 1.27 bits per heavy atom. The van der Waals surface area contributed by atoms with Crippen LogP contribution >= 0.6 is 0 Å². The van der Waals surface area contributed by atoms with Crippen LogP contribution in [0.15, 0.2) is 18.2 Å². The van der Waals surface area contributed by atoms with Crippen molar-refractivity contribution < 1.29 is 19.4 Å². The maximum atomic E-state index is 10.5. The summed E-state index contributed by atoms with van der Waals surface area (Å²) in [5.41, 5.74) is 0.728. The molecule has 1 N–H and O–H groups in total. The summed E-state index contributed by atoms with van der Waals surface area (Å²) in [7, 11) is 0. The van der Waals surface area contributed by atoms with Crippen LogP contribution in [0.2, 0.25) is 0 Å². The van der Waals surface area contributed by atoms with E-state index in [0.29, 0.717) is 24.7 Å². The van der Waals surface area contributed by atoms with Crippen molar-refractivity contribution in [3.63, 3.8) is 0 Å². The fraction of sp³-hybridized carbons (Fsp3) is 0.364. The van der Waals surface area contributed by atoms with Crippen molar-refractivity contribution in [2.75, 3.05) is 13.2 Å². The minimum Gasteiger partial charge on any atom is -0.490 e. The average Bonchev–Trinajstić information content (AvgIpc) is 2.41. The molecule has 0 unspecified atom stereocenters. The van der Waals surface area contributed by atoms with Gasteiger partial charge in [-0.25, -0.2) is 0 Å². The van der Waals surface area contributed by atoms with Gasteiger partial charge in [-0.3, -0.25) is 4.79 Å². The summed E-state index contributed by atoms with van der Waals surface area (Å²) >= 11 is 0. The molecule has 15 heavy (non-hydrogen) atoms. The SMILES string of the molecule is O=C(O)Cc1ccc2c(c1)OCCCO2. The molecule has 0 atom stereocenters. The van der Waals surface area contributed by atoms with E-state index in [2.05, 4.69) is 0 Å². The van der Waals surface area contributed by atoms with E-state index in [0.717, 1.165) is 12.0 Å². The molecule has 0 aliphatic carbocycles. The molecular formula is C11H12O4. The van der Waals surface area contributed by atoms with Gasteiger partial charge in [0.05, 0.1) is 19.6 Å². The van der Waals surface area contributed by atoms with Gasteiger partial charge in [-0.2, -0.15) is 0 Å². The predicted molar refractivity (Wildman–Crippen MR) is 53.4 cm³/mol. The Kier molecular flexibility index (Phi) is 2.76. The fourth-order valence-corrected chi connectivity index (χ4v) is 1.49. The van der Waals surface area contributed by atoms with Crippen LogP contribution in [0.1, 0.15) is 12.0 Å². The molecule has 0 radical (unpaired) electrons. The van der Waals surface area contributed by atoms with Gasteiger partial charge in [0, 0.05) is 6.42 Å². The van der Waals surface area contributed by atoms with E-state index in [1.165, 1.54) is 0 Å². The van der Waals surface area contributed by atoms with Gasteiger partial charge < -0.3 is 14.6 Å². The molecule has 0 saturated heterocycles. The van der Waals surface area contributed by atoms with Crippen LogP contribution in [0.5, 0.6) is 11.5 Å². The molecule has 0 spiro atoms. The number of aliphatic carboxylic acids is 1. The molecule has 80 valence electrons. The summed E-state index contributed by atoms with van der Waals surface area (Å²) in [4.78, 5) is 10.5. The molecule has 0 aromatic heterocycles. The normalized spacial score (nSPS) is 14.4. The molecule has 0 saturated carbocycles. The summed E-state index contributed by atoms with van der Waals surface area (Å²) in [6.07, 6.45) is 0.861. The first kappa shape index (κ1) is 9.83. The highest BCUT2D eigenvalue weighted by Gasteiger charge is 2.11. The first-order chi connectivity index (χ1) is 7.25. The van der Waals surface area contributed by atoms with E-state index in [1.54, 1.807) is 18.2 Å². The third-order valence-electron chi connectivity index (χ3n) is 2.17. The third kappa shape index (κ3) is 2.40. The van der Waals surface area contributed by atoms with Gasteiger partial charge in [0.2, 0.25) is 0 Å². The monoisotopic (exact) mass is 208 g/mol. The molecule has 1 heterocycles. The Hall–Kier alpha value is -1.71. The Morgan fingerprint density at radius 2 is 2.00 bits per heavy atom. The highest BCUT2D eigenvalue weighted by atomic mass is 16.5. The van der Waals surface area contributed by atoms with Gasteiger partial charge in [0.1, 0.15) is 0 Å². The number of hydrogen-bond acceptors (Lipinski definition) is 3. The molecular weight excluding hydrogens is 196 g/mol. The van der Waals surface area contributed by atoms with Crippen LogP contribution in [0.25, 0.3) is 0 Å².